The van der Waals surface area contributed by atoms with E-state index in [0.717, 1.165) is 6.42 Å². The molecular weight excluding hydrogens is 348 g/mol. The zero-order valence-electron chi connectivity index (χ0n) is 16.9. The highest BCUT2D eigenvalue weighted by Gasteiger charge is 2.30. The second-order valence-corrected chi connectivity index (χ2v) is 8.37. The summed E-state index contributed by atoms with van der Waals surface area (Å²) >= 11 is 0. The Kier molecular flexibility index (Phi) is 3.59. The number of allylic oxidation sites excluding steroid dienone is 5. The highest BCUT2D eigenvalue weighted by atomic mass is 14.3. The Morgan fingerprint density at radius 3 is 2.41 bits per heavy atom. The summed E-state index contributed by atoms with van der Waals surface area (Å²) in [5, 5.41) is 7.96. The van der Waals surface area contributed by atoms with Gasteiger partial charge in [0, 0.05) is 0 Å². The molecule has 1 atom stereocenters. The molecular formula is C29H23. The van der Waals surface area contributed by atoms with Crippen molar-refractivity contribution in [1.29, 1.82) is 0 Å². The predicted molar refractivity (Wildman–Crippen MR) is 127 cm³/mol. The number of fused-ring (bicyclic) bond motifs is 8. The van der Waals surface area contributed by atoms with Crippen molar-refractivity contribution >= 4 is 44.0 Å². The zero-order chi connectivity index (χ0) is 19.5. The molecule has 0 spiro atoms. The largest absolute Gasteiger partial charge is 0.0684 e. The van der Waals surface area contributed by atoms with Crippen LogP contribution >= 0.6 is 0 Å². The maximum atomic E-state index is 2.43. The fourth-order valence-electron chi connectivity index (χ4n) is 5.03. The van der Waals surface area contributed by atoms with Gasteiger partial charge in [-0.1, -0.05) is 92.3 Å². The van der Waals surface area contributed by atoms with Gasteiger partial charge >= 0.3 is 0 Å². The molecule has 1 radical (unpaired) electrons. The first-order chi connectivity index (χ1) is 14.2. The Bertz CT molecular complexity index is 1390. The smallest absolute Gasteiger partial charge is 0.0526 e. The fourth-order valence-corrected chi connectivity index (χ4v) is 5.03. The normalized spacial score (nSPS) is 16.8. The van der Waals surface area contributed by atoms with Crippen LogP contribution < -0.4 is 0 Å². The van der Waals surface area contributed by atoms with Crippen LogP contribution in [0.15, 0.2) is 84.5 Å². The third-order valence-corrected chi connectivity index (χ3v) is 6.77. The van der Waals surface area contributed by atoms with Crippen LogP contribution in [0.4, 0.5) is 0 Å². The fraction of sp³-hybridized carbons (Fsp3) is 0.138. The van der Waals surface area contributed by atoms with E-state index in [2.05, 4.69) is 98.8 Å². The highest BCUT2D eigenvalue weighted by molar-refractivity contribution is 6.16. The van der Waals surface area contributed by atoms with E-state index in [9.17, 15) is 0 Å². The molecule has 0 N–H and O–H groups in total. The van der Waals surface area contributed by atoms with Crippen LogP contribution in [0.1, 0.15) is 31.4 Å². The molecule has 0 bridgehead atoms. The number of rotatable bonds is 2. The Balaban J connectivity index is 1.68. The van der Waals surface area contributed by atoms with Crippen LogP contribution in [0, 0.1) is 11.8 Å². The molecule has 0 fully saturated rings. The summed E-state index contributed by atoms with van der Waals surface area (Å²) in [5.41, 5.74) is 5.62. The van der Waals surface area contributed by atoms with Gasteiger partial charge in [-0.25, -0.2) is 0 Å². The number of hydrogen-bond donors (Lipinski definition) is 0. The van der Waals surface area contributed by atoms with Crippen LogP contribution in [0.25, 0.3) is 44.0 Å². The van der Waals surface area contributed by atoms with Crippen molar-refractivity contribution in [1.82, 2.24) is 0 Å². The molecule has 0 saturated carbocycles. The standard InChI is InChI=1S/C29H23/c1-3-18(2)27-17-22-12-13-24-26(29(22)25-10-6-9-23(25)27)14-11-21-15-19-7-4-5-8-20(19)16-28(21)24/h4-18H,3H2,1-2H3/t18-/m1/s1. The average Bonchev–Trinajstić information content (AvgIpc) is 3.26. The summed E-state index contributed by atoms with van der Waals surface area (Å²) in [6.45, 7) is 4.62. The molecule has 0 aliphatic heterocycles. The maximum Gasteiger partial charge on any atom is 0.0526 e. The third-order valence-electron chi connectivity index (χ3n) is 6.77. The average molecular weight is 372 g/mol. The van der Waals surface area contributed by atoms with Gasteiger partial charge in [-0.3, -0.25) is 0 Å². The second-order valence-electron chi connectivity index (χ2n) is 8.37. The summed E-state index contributed by atoms with van der Waals surface area (Å²) in [6, 6.07) is 22.6. The summed E-state index contributed by atoms with van der Waals surface area (Å²) in [7, 11) is 0. The molecule has 4 aromatic carbocycles. The van der Waals surface area contributed by atoms with Crippen LogP contribution in [-0.2, 0) is 0 Å². The molecule has 0 amide bonds. The van der Waals surface area contributed by atoms with Gasteiger partial charge in [-0.2, -0.15) is 0 Å². The minimum atomic E-state index is 0.572. The molecule has 0 heterocycles. The summed E-state index contributed by atoms with van der Waals surface area (Å²) in [5.74, 6) is 1.99. The SMILES string of the molecule is CC[C@@H](C)C1=Cc2ccc3c(ccc4cc5ccccc5cc43)c2C2=CC=C[C]21. The molecule has 2 aliphatic rings. The maximum absolute atomic E-state index is 2.43. The Morgan fingerprint density at radius 2 is 1.59 bits per heavy atom. The third kappa shape index (κ3) is 2.39. The lowest BCUT2D eigenvalue weighted by Gasteiger charge is -2.29. The van der Waals surface area contributed by atoms with Gasteiger partial charge in [0.25, 0.3) is 0 Å². The molecule has 29 heavy (non-hydrogen) atoms. The van der Waals surface area contributed by atoms with Crippen molar-refractivity contribution in [2.24, 2.45) is 5.92 Å². The Hall–Kier alpha value is -3.12. The van der Waals surface area contributed by atoms with Gasteiger partial charge < -0.3 is 0 Å². The van der Waals surface area contributed by atoms with Gasteiger partial charge in [0.15, 0.2) is 0 Å². The van der Waals surface area contributed by atoms with Crippen molar-refractivity contribution < 1.29 is 0 Å². The monoisotopic (exact) mass is 371 g/mol. The molecule has 2 aliphatic carbocycles. The molecule has 0 heteroatoms. The van der Waals surface area contributed by atoms with Crippen molar-refractivity contribution in [2.75, 3.05) is 0 Å². The predicted octanol–water partition coefficient (Wildman–Crippen LogP) is 8.12. The van der Waals surface area contributed by atoms with Crippen LogP contribution in [0.3, 0.4) is 0 Å². The van der Waals surface area contributed by atoms with E-state index in [1.54, 1.807) is 0 Å². The summed E-state index contributed by atoms with van der Waals surface area (Å²) in [4.78, 5) is 0. The molecule has 0 nitrogen and oxygen atoms in total. The first-order valence-corrected chi connectivity index (χ1v) is 10.6. The van der Waals surface area contributed by atoms with Crippen molar-refractivity contribution in [3.05, 3.63) is 102 Å². The van der Waals surface area contributed by atoms with E-state index in [-0.39, 0.29) is 0 Å². The highest BCUT2D eigenvalue weighted by Crippen LogP contribution is 2.48. The topological polar surface area (TPSA) is 0 Å². The van der Waals surface area contributed by atoms with E-state index in [1.165, 1.54) is 60.5 Å². The van der Waals surface area contributed by atoms with Gasteiger partial charge in [-0.15, -0.1) is 0 Å². The molecule has 139 valence electrons. The first-order valence-electron chi connectivity index (χ1n) is 10.6. The first kappa shape index (κ1) is 16.8. The second kappa shape index (κ2) is 6.19. The number of hydrogen-bond acceptors (Lipinski definition) is 0. The van der Waals surface area contributed by atoms with Gasteiger partial charge in [-0.05, 0) is 73.5 Å². The zero-order valence-corrected chi connectivity index (χ0v) is 16.9. The lowest BCUT2D eigenvalue weighted by molar-refractivity contribution is 0.660. The van der Waals surface area contributed by atoms with Crippen molar-refractivity contribution in [3.8, 4) is 0 Å². The minimum Gasteiger partial charge on any atom is -0.0684 e. The van der Waals surface area contributed by atoms with E-state index >= 15 is 0 Å². The van der Waals surface area contributed by atoms with Crippen LogP contribution in [0.5, 0.6) is 0 Å². The molecule has 0 unspecified atom stereocenters. The van der Waals surface area contributed by atoms with Crippen LogP contribution in [-0.4, -0.2) is 0 Å². The van der Waals surface area contributed by atoms with E-state index in [1.807, 2.05) is 0 Å². The van der Waals surface area contributed by atoms with E-state index in [4.69, 9.17) is 0 Å². The quantitative estimate of drug-likeness (QED) is 0.246. The summed E-state index contributed by atoms with van der Waals surface area (Å²) in [6.07, 6.45) is 10.4. The molecule has 4 aromatic rings. The van der Waals surface area contributed by atoms with E-state index < -0.39 is 0 Å². The Labute approximate surface area is 171 Å². The molecule has 0 saturated heterocycles. The Morgan fingerprint density at radius 1 is 0.793 bits per heavy atom. The van der Waals surface area contributed by atoms with Crippen molar-refractivity contribution in [2.45, 2.75) is 20.3 Å². The van der Waals surface area contributed by atoms with E-state index in [0.29, 0.717) is 5.92 Å². The van der Waals surface area contributed by atoms with Gasteiger partial charge in [0.1, 0.15) is 0 Å². The number of benzene rings is 4. The van der Waals surface area contributed by atoms with Gasteiger partial charge in [0.05, 0.1) is 5.92 Å². The minimum absolute atomic E-state index is 0.572. The molecule has 0 aromatic heterocycles. The lowest BCUT2D eigenvalue weighted by Crippen LogP contribution is -2.12. The van der Waals surface area contributed by atoms with Crippen molar-refractivity contribution in [3.63, 3.8) is 0 Å². The lowest BCUT2D eigenvalue weighted by atomic mass is 9.74. The summed E-state index contributed by atoms with van der Waals surface area (Å²) < 4.78 is 0. The van der Waals surface area contributed by atoms with Gasteiger partial charge in [0.2, 0.25) is 0 Å². The van der Waals surface area contributed by atoms with Crippen LogP contribution in [0.2, 0.25) is 0 Å². The molecule has 6 rings (SSSR count).